The lowest BCUT2D eigenvalue weighted by Crippen LogP contribution is -2.43. The van der Waals surface area contributed by atoms with Gasteiger partial charge in [-0.25, -0.2) is 19.7 Å². The molecule has 10 nitrogen and oxygen atoms in total. The largest absolute Gasteiger partial charge is 0.484 e. The molecule has 1 amide bonds. The first kappa shape index (κ1) is 27.0. The Morgan fingerprint density at radius 3 is 2.74 bits per heavy atom. The fourth-order valence-electron chi connectivity index (χ4n) is 5.13. The Kier molecular flexibility index (Phi) is 6.79. The molecule has 5 heterocycles. The summed E-state index contributed by atoms with van der Waals surface area (Å²) in [5.41, 5.74) is 6.38. The third kappa shape index (κ3) is 4.98. The van der Waals surface area contributed by atoms with Gasteiger partial charge < -0.3 is 19.3 Å². The Morgan fingerprint density at radius 2 is 2.00 bits per heavy atom. The van der Waals surface area contributed by atoms with Crippen LogP contribution in [-0.2, 0) is 0 Å². The number of benzene rings is 2. The molecule has 12 heteroatoms. The number of rotatable bonds is 6. The van der Waals surface area contributed by atoms with Gasteiger partial charge in [-0.15, -0.1) is 22.7 Å². The van der Waals surface area contributed by atoms with E-state index in [4.69, 9.17) is 19.2 Å². The van der Waals surface area contributed by atoms with Crippen LogP contribution in [0.1, 0.15) is 11.1 Å². The highest BCUT2D eigenvalue weighted by Gasteiger charge is 2.30. The summed E-state index contributed by atoms with van der Waals surface area (Å²) in [6, 6.07) is 13.4. The van der Waals surface area contributed by atoms with E-state index in [1.165, 1.54) is 16.2 Å². The first-order valence-corrected chi connectivity index (χ1v) is 15.1. The molecule has 43 heavy (non-hydrogen) atoms. The molecule has 7 rings (SSSR count). The molecule has 2 aromatic carbocycles. The number of ether oxygens (including phenoxy) is 3. The first-order valence-electron chi connectivity index (χ1n) is 13.4. The number of anilines is 1. The van der Waals surface area contributed by atoms with E-state index in [1.807, 2.05) is 49.6 Å². The number of fused-ring (bicyclic) bond motifs is 4. The molecule has 1 aliphatic heterocycles. The van der Waals surface area contributed by atoms with Crippen LogP contribution in [0.4, 0.5) is 10.5 Å². The molecule has 1 atom stereocenters. The lowest BCUT2D eigenvalue weighted by molar-refractivity contribution is 0.0961. The minimum absolute atomic E-state index is 0.0806. The van der Waals surface area contributed by atoms with Crippen molar-refractivity contribution in [2.24, 2.45) is 0 Å². The van der Waals surface area contributed by atoms with Gasteiger partial charge in [0.25, 0.3) is 0 Å². The summed E-state index contributed by atoms with van der Waals surface area (Å²) in [4.78, 5) is 33.1. The normalized spacial score (nSPS) is 14.3. The Balaban J connectivity index is 1.18. The van der Waals surface area contributed by atoms with E-state index in [9.17, 15) is 9.90 Å². The van der Waals surface area contributed by atoms with E-state index in [0.29, 0.717) is 23.1 Å². The highest BCUT2D eigenvalue weighted by Crippen LogP contribution is 2.46. The summed E-state index contributed by atoms with van der Waals surface area (Å²) in [6.07, 6.45) is 1.57. The van der Waals surface area contributed by atoms with E-state index >= 15 is 0 Å². The average molecular weight is 612 g/mol. The zero-order chi connectivity index (χ0) is 29.7. The van der Waals surface area contributed by atoms with Crippen LogP contribution < -0.4 is 19.1 Å². The summed E-state index contributed by atoms with van der Waals surface area (Å²) in [5, 5.41) is 12.8. The SMILES string of the molecule is COc1cnc2c(-c3nc4c(C)cc5c(c4s3)OC[C@@H](CN(C(=O)O)c3ccc(-c4cccs4)nc3)O5)cc(C)cc2n1. The number of thiazole rings is 1. The maximum atomic E-state index is 12.2. The third-order valence-corrected chi connectivity index (χ3v) is 9.12. The molecule has 0 saturated heterocycles. The number of hydrogen-bond acceptors (Lipinski definition) is 10. The number of methoxy groups -OCH3 is 1. The Bertz CT molecular complexity index is 1990. The number of aromatic nitrogens is 4. The minimum Gasteiger partial charge on any atom is -0.484 e. The zero-order valence-electron chi connectivity index (χ0n) is 23.4. The number of amides is 1. The molecule has 6 aromatic rings. The Hall–Kier alpha value is -4.81. The van der Waals surface area contributed by atoms with Crippen molar-refractivity contribution in [3.05, 3.63) is 71.4 Å². The van der Waals surface area contributed by atoms with Crippen molar-refractivity contribution in [3.63, 3.8) is 0 Å². The van der Waals surface area contributed by atoms with Gasteiger partial charge in [0.05, 0.1) is 58.9 Å². The second-order valence-electron chi connectivity index (χ2n) is 10.1. The molecule has 0 unspecified atom stereocenters. The number of carbonyl (C=O) groups is 1. The summed E-state index contributed by atoms with van der Waals surface area (Å²) >= 11 is 3.08. The monoisotopic (exact) mass is 611 g/mol. The molecule has 0 fully saturated rings. The van der Waals surface area contributed by atoms with Crippen molar-refractivity contribution < 1.29 is 24.1 Å². The summed E-state index contributed by atoms with van der Waals surface area (Å²) < 4.78 is 18.7. The first-order chi connectivity index (χ1) is 20.9. The molecule has 4 aromatic heterocycles. The predicted molar refractivity (Wildman–Crippen MR) is 167 cm³/mol. The predicted octanol–water partition coefficient (Wildman–Crippen LogP) is 6.98. The molecular formula is C31H25N5O5S2. The molecule has 216 valence electrons. The lowest BCUT2D eigenvalue weighted by atomic mass is 10.1. The van der Waals surface area contributed by atoms with Crippen molar-refractivity contribution in [2.45, 2.75) is 20.0 Å². The van der Waals surface area contributed by atoms with Crippen LogP contribution in [0.2, 0.25) is 0 Å². The van der Waals surface area contributed by atoms with E-state index in [2.05, 4.69) is 21.0 Å². The topological polar surface area (TPSA) is 120 Å². The van der Waals surface area contributed by atoms with Gasteiger partial charge in [0.2, 0.25) is 5.88 Å². The van der Waals surface area contributed by atoms with Crippen molar-refractivity contribution in [2.75, 3.05) is 25.2 Å². The van der Waals surface area contributed by atoms with Crippen LogP contribution in [-0.4, -0.2) is 57.5 Å². The number of aryl methyl sites for hydroxylation is 2. The molecule has 1 aliphatic rings. The van der Waals surface area contributed by atoms with Crippen molar-refractivity contribution in [3.8, 4) is 38.5 Å². The summed E-state index contributed by atoms with van der Waals surface area (Å²) in [7, 11) is 1.57. The lowest BCUT2D eigenvalue weighted by Gasteiger charge is -2.30. The van der Waals surface area contributed by atoms with Gasteiger partial charge in [0, 0.05) is 5.56 Å². The number of hydrogen-bond donors (Lipinski definition) is 1. The molecular weight excluding hydrogens is 587 g/mol. The number of pyridine rings is 1. The maximum absolute atomic E-state index is 12.2. The van der Waals surface area contributed by atoms with Crippen LogP contribution in [0, 0.1) is 13.8 Å². The summed E-state index contributed by atoms with van der Waals surface area (Å²) in [5.74, 6) is 1.62. The third-order valence-electron chi connectivity index (χ3n) is 7.14. The van der Waals surface area contributed by atoms with Gasteiger partial charge in [-0.2, -0.15) is 0 Å². The highest BCUT2D eigenvalue weighted by molar-refractivity contribution is 7.22. The molecule has 1 N–H and O–H groups in total. The molecule has 0 radical (unpaired) electrons. The van der Waals surface area contributed by atoms with E-state index in [0.717, 1.165) is 53.5 Å². The fraction of sp³-hybridized carbons (Fsp3) is 0.194. The fourth-order valence-corrected chi connectivity index (χ4v) is 6.98. The highest BCUT2D eigenvalue weighted by atomic mass is 32.1. The molecule has 0 spiro atoms. The maximum Gasteiger partial charge on any atom is 0.411 e. The quantitative estimate of drug-likeness (QED) is 0.213. The van der Waals surface area contributed by atoms with Crippen LogP contribution in [0.3, 0.4) is 0 Å². The van der Waals surface area contributed by atoms with Gasteiger partial charge in [0.1, 0.15) is 16.3 Å². The van der Waals surface area contributed by atoms with Gasteiger partial charge in [-0.3, -0.25) is 9.88 Å². The Labute approximate surface area is 254 Å². The van der Waals surface area contributed by atoms with Crippen molar-refractivity contribution in [1.82, 2.24) is 19.9 Å². The van der Waals surface area contributed by atoms with Crippen molar-refractivity contribution >= 4 is 55.7 Å². The average Bonchev–Trinajstić information content (AvgIpc) is 3.71. The van der Waals surface area contributed by atoms with Crippen molar-refractivity contribution in [1.29, 1.82) is 0 Å². The van der Waals surface area contributed by atoms with Crippen LogP contribution in [0.15, 0.2) is 60.2 Å². The van der Waals surface area contributed by atoms with E-state index in [1.54, 1.807) is 36.9 Å². The van der Waals surface area contributed by atoms with Gasteiger partial charge >= 0.3 is 6.09 Å². The van der Waals surface area contributed by atoms with Gasteiger partial charge in [0.15, 0.2) is 17.6 Å². The molecule has 0 aliphatic carbocycles. The number of carboxylic acid groups (broad SMARTS) is 1. The Morgan fingerprint density at radius 1 is 1.12 bits per heavy atom. The molecule has 0 bridgehead atoms. The zero-order valence-corrected chi connectivity index (χ0v) is 25.0. The minimum atomic E-state index is -1.09. The second kappa shape index (κ2) is 10.8. The van der Waals surface area contributed by atoms with Crippen LogP contribution >= 0.6 is 22.7 Å². The van der Waals surface area contributed by atoms with Gasteiger partial charge in [-0.1, -0.05) is 6.07 Å². The number of thiophene rings is 1. The van der Waals surface area contributed by atoms with Crippen LogP contribution in [0.25, 0.3) is 42.4 Å². The number of nitrogens with zero attached hydrogens (tertiary/aromatic N) is 5. The smallest absolute Gasteiger partial charge is 0.411 e. The van der Waals surface area contributed by atoms with E-state index in [-0.39, 0.29) is 13.2 Å². The second-order valence-corrected chi connectivity index (χ2v) is 12.1. The van der Waals surface area contributed by atoms with E-state index < -0.39 is 12.2 Å². The standard InChI is InChI=1S/C31H25N5O5S2/c1-16-9-20(27-22(10-16)34-25(39-3)13-33-27)30-35-26-17(2)11-23-28(29(26)43-30)40-15-19(41-23)14-36(31(37)38)18-6-7-21(32-12-18)24-5-4-8-42-24/h4-13,19H,14-15H2,1-3H3,(H,37,38)/t19-/m1/s1. The molecule has 0 saturated carbocycles. The van der Waals surface area contributed by atoms with Gasteiger partial charge in [-0.05, 0) is 66.8 Å². The summed E-state index contributed by atoms with van der Waals surface area (Å²) in [6.45, 7) is 4.25. The van der Waals surface area contributed by atoms with Crippen LogP contribution in [0.5, 0.6) is 17.4 Å².